The van der Waals surface area contributed by atoms with Crippen LogP contribution in [-0.4, -0.2) is 5.78 Å². The Morgan fingerprint density at radius 1 is 0.362 bits per heavy atom. The highest BCUT2D eigenvalue weighted by Gasteiger charge is 2.51. The fraction of sp³-hybridized carbons (Fsp3) is 0.0179. The summed E-state index contributed by atoms with van der Waals surface area (Å²) in [5, 5.41) is 9.91. The van der Waals surface area contributed by atoms with Gasteiger partial charge in [0.15, 0.2) is 5.78 Å². The minimum atomic E-state index is -0.555. The lowest BCUT2D eigenvalue weighted by Crippen LogP contribution is -2.26. The maximum Gasteiger partial charge on any atom is 0.193 e. The van der Waals surface area contributed by atoms with Crippen LogP contribution in [0.25, 0.3) is 85.9 Å². The zero-order valence-corrected chi connectivity index (χ0v) is 32.1. The van der Waals surface area contributed by atoms with E-state index >= 15 is 0 Å². The monoisotopic (exact) mass is 752 g/mol. The first kappa shape index (κ1) is 32.0. The third-order valence-electron chi connectivity index (χ3n) is 13.0. The van der Waals surface area contributed by atoms with Crippen molar-refractivity contribution in [2.45, 2.75) is 5.41 Å². The molecule has 0 bridgehead atoms. The normalized spacial score (nSPS) is 15.0. The molecule has 13 rings (SSSR count). The number of hydrogen-bond donors (Lipinski definition) is 0. The highest BCUT2D eigenvalue weighted by molar-refractivity contribution is 7.26. The zero-order chi connectivity index (χ0) is 38.1. The van der Waals surface area contributed by atoms with E-state index in [0.717, 1.165) is 5.39 Å². The van der Waals surface area contributed by atoms with Crippen LogP contribution in [0, 0.1) is 0 Å². The molecule has 1 atom stereocenters. The van der Waals surface area contributed by atoms with E-state index in [0.29, 0.717) is 11.1 Å². The van der Waals surface area contributed by atoms with E-state index in [1.807, 2.05) is 47.7 Å². The summed E-state index contributed by atoms with van der Waals surface area (Å²) in [6.45, 7) is 0. The molecule has 2 heteroatoms. The second-order valence-corrected chi connectivity index (χ2v) is 16.9. The van der Waals surface area contributed by atoms with Crippen LogP contribution < -0.4 is 0 Å². The van der Waals surface area contributed by atoms with Crippen molar-refractivity contribution in [1.29, 1.82) is 0 Å². The lowest BCUT2D eigenvalue weighted by molar-refractivity contribution is 0.103. The molecule has 268 valence electrons. The maximum atomic E-state index is 13.9. The van der Waals surface area contributed by atoms with Gasteiger partial charge in [-0.15, -0.1) is 11.3 Å². The molecule has 11 aromatic rings. The van der Waals surface area contributed by atoms with Gasteiger partial charge in [-0.25, -0.2) is 0 Å². The molecule has 0 radical (unpaired) electrons. The summed E-state index contributed by atoms with van der Waals surface area (Å²) in [6.07, 6.45) is 0. The molecule has 2 aliphatic carbocycles. The van der Waals surface area contributed by atoms with Crippen LogP contribution >= 0.6 is 11.3 Å². The molecule has 2 aliphatic rings. The fourth-order valence-electron chi connectivity index (χ4n) is 10.6. The van der Waals surface area contributed by atoms with E-state index in [1.165, 1.54) is 103 Å². The lowest BCUT2D eigenvalue weighted by atomic mass is 9.69. The average Bonchev–Trinajstić information content (AvgIpc) is 3.93. The van der Waals surface area contributed by atoms with Gasteiger partial charge in [0.1, 0.15) is 0 Å². The number of thiophene rings is 1. The van der Waals surface area contributed by atoms with E-state index in [2.05, 4.69) is 158 Å². The first-order valence-corrected chi connectivity index (χ1v) is 20.8. The first-order valence-electron chi connectivity index (χ1n) is 20.0. The number of fused-ring (bicyclic) bond motifs is 13. The van der Waals surface area contributed by atoms with Crippen molar-refractivity contribution >= 4 is 69.6 Å². The Bertz CT molecular complexity index is 3580. The van der Waals surface area contributed by atoms with Crippen LogP contribution in [0.5, 0.6) is 0 Å². The summed E-state index contributed by atoms with van der Waals surface area (Å²) in [7, 11) is 0. The number of benzene rings is 10. The second-order valence-electron chi connectivity index (χ2n) is 15.8. The predicted octanol–water partition coefficient (Wildman–Crippen LogP) is 14.8. The molecule has 1 unspecified atom stereocenters. The summed E-state index contributed by atoms with van der Waals surface area (Å²) in [6, 6.07) is 70.4. The minimum Gasteiger partial charge on any atom is -0.289 e. The van der Waals surface area contributed by atoms with E-state index in [-0.39, 0.29) is 5.78 Å². The number of rotatable bonds is 4. The molecule has 0 saturated carbocycles. The first-order chi connectivity index (χ1) is 28.7. The van der Waals surface area contributed by atoms with Crippen molar-refractivity contribution in [2.24, 2.45) is 0 Å². The third-order valence-corrected chi connectivity index (χ3v) is 14.3. The Morgan fingerprint density at radius 2 is 0.966 bits per heavy atom. The number of carbonyl (C=O) groups excluding carboxylic acids is 1. The fourth-order valence-corrected chi connectivity index (χ4v) is 11.9. The molecule has 1 spiro atoms. The summed E-state index contributed by atoms with van der Waals surface area (Å²) in [5.74, 6) is 0.0419. The molecule has 0 amide bonds. The smallest absolute Gasteiger partial charge is 0.193 e. The maximum absolute atomic E-state index is 13.9. The van der Waals surface area contributed by atoms with Crippen LogP contribution in [0.1, 0.15) is 38.2 Å². The van der Waals surface area contributed by atoms with E-state index in [4.69, 9.17) is 0 Å². The average molecular weight is 753 g/mol. The van der Waals surface area contributed by atoms with E-state index in [1.54, 1.807) is 0 Å². The van der Waals surface area contributed by atoms with Gasteiger partial charge in [-0.1, -0.05) is 170 Å². The summed E-state index contributed by atoms with van der Waals surface area (Å²) >= 11 is 1.89. The van der Waals surface area contributed by atoms with Gasteiger partial charge in [0.25, 0.3) is 0 Å². The molecule has 0 N–H and O–H groups in total. The van der Waals surface area contributed by atoms with Gasteiger partial charge in [0.05, 0.1) is 5.41 Å². The summed E-state index contributed by atoms with van der Waals surface area (Å²) in [5.41, 5.74) is 13.6. The quantitative estimate of drug-likeness (QED) is 0.129. The third kappa shape index (κ3) is 4.12. The molecule has 0 saturated heterocycles. The molecule has 1 heterocycles. The van der Waals surface area contributed by atoms with E-state index in [9.17, 15) is 4.79 Å². The van der Waals surface area contributed by atoms with Crippen LogP contribution in [0.3, 0.4) is 0 Å². The molecule has 0 aliphatic heterocycles. The summed E-state index contributed by atoms with van der Waals surface area (Å²) < 4.78 is 2.64. The van der Waals surface area contributed by atoms with Crippen LogP contribution in [0.15, 0.2) is 194 Å². The van der Waals surface area contributed by atoms with Crippen LogP contribution in [0.2, 0.25) is 0 Å². The highest BCUT2D eigenvalue weighted by atomic mass is 32.1. The highest BCUT2D eigenvalue weighted by Crippen LogP contribution is 2.64. The molecule has 1 nitrogen and oxygen atoms in total. The number of ketones is 1. The Kier molecular flexibility index (Phi) is 6.46. The Morgan fingerprint density at radius 3 is 1.72 bits per heavy atom. The molecular weight excluding hydrogens is 721 g/mol. The molecule has 0 fully saturated rings. The molecular formula is C56H32OS. The van der Waals surface area contributed by atoms with Crippen molar-refractivity contribution in [3.8, 4) is 33.4 Å². The van der Waals surface area contributed by atoms with Crippen molar-refractivity contribution < 1.29 is 4.79 Å². The van der Waals surface area contributed by atoms with Crippen molar-refractivity contribution in [2.75, 3.05) is 0 Å². The van der Waals surface area contributed by atoms with Gasteiger partial charge in [0.2, 0.25) is 0 Å². The SMILES string of the molecule is O=C(c1ccccc1)c1ccc2c(c1)c1cccc3c1c1c(cccc21)C31c2cc(-c3ccccc3)ccc2-c2ccc(-c3cccc4c3sc3ccccc34)cc21. The van der Waals surface area contributed by atoms with Crippen LogP contribution in [0.4, 0.5) is 0 Å². The Hall–Kier alpha value is -7.13. The minimum absolute atomic E-state index is 0.0419. The second kappa shape index (κ2) is 11.7. The van der Waals surface area contributed by atoms with Crippen molar-refractivity contribution in [3.63, 3.8) is 0 Å². The molecule has 10 aromatic carbocycles. The predicted molar refractivity (Wildman–Crippen MR) is 243 cm³/mol. The largest absolute Gasteiger partial charge is 0.289 e. The van der Waals surface area contributed by atoms with Crippen LogP contribution in [-0.2, 0) is 5.41 Å². The summed E-state index contributed by atoms with van der Waals surface area (Å²) in [4.78, 5) is 13.9. The zero-order valence-electron chi connectivity index (χ0n) is 31.3. The van der Waals surface area contributed by atoms with Gasteiger partial charge in [-0.3, -0.25) is 4.79 Å². The van der Waals surface area contributed by atoms with Crippen molar-refractivity contribution in [3.05, 3.63) is 228 Å². The Labute approximate surface area is 339 Å². The van der Waals surface area contributed by atoms with Gasteiger partial charge in [-0.05, 0) is 112 Å². The van der Waals surface area contributed by atoms with Gasteiger partial charge < -0.3 is 0 Å². The van der Waals surface area contributed by atoms with Gasteiger partial charge >= 0.3 is 0 Å². The topological polar surface area (TPSA) is 17.1 Å². The lowest BCUT2D eigenvalue weighted by Gasteiger charge is -2.31. The standard InChI is InChI=1S/C56H32OS/c57-54(34-14-5-2-6-15-34)37-26-27-39-43-18-10-21-47-52(43)53-44(46(39)30-37)19-11-22-48(53)56(47)49-31-35(33-12-3-1-4-13-33)24-28-40(49)41-29-25-36(32-50(41)56)38-17-9-20-45-42-16-7-8-23-51(42)58-55(38)45/h1-32H. The molecule has 1 aromatic heterocycles. The van der Waals surface area contributed by atoms with Gasteiger partial charge in [0, 0.05) is 31.3 Å². The number of carbonyl (C=O) groups is 1. The van der Waals surface area contributed by atoms with E-state index < -0.39 is 5.41 Å². The molecule has 58 heavy (non-hydrogen) atoms. The Balaban J connectivity index is 1.13. The number of hydrogen-bond acceptors (Lipinski definition) is 2. The van der Waals surface area contributed by atoms with Crippen molar-refractivity contribution in [1.82, 2.24) is 0 Å². The van der Waals surface area contributed by atoms with Gasteiger partial charge in [-0.2, -0.15) is 0 Å².